The standard InChI is InChI=1S/C14H19N3O2S/c15-13(18)9-20-12-7-2-1-5-10(12)17-14(19)11-6-3-4-8-16-11/h1-2,5,7,11,16H,3-4,6,8-9H2,(H2,15,18)(H,17,19)/t11-/m0/s1. The number of hydrogen-bond acceptors (Lipinski definition) is 4. The van der Waals surface area contributed by atoms with Crippen LogP contribution in [0, 0.1) is 0 Å². The van der Waals surface area contributed by atoms with Gasteiger partial charge in [-0.1, -0.05) is 18.6 Å². The van der Waals surface area contributed by atoms with E-state index >= 15 is 0 Å². The molecule has 2 amide bonds. The van der Waals surface area contributed by atoms with E-state index in [0.29, 0.717) is 0 Å². The fourth-order valence-electron chi connectivity index (χ4n) is 2.14. The van der Waals surface area contributed by atoms with Gasteiger partial charge in [-0.05, 0) is 31.5 Å². The summed E-state index contributed by atoms with van der Waals surface area (Å²) in [5, 5.41) is 6.15. The third-order valence-corrected chi connectivity index (χ3v) is 4.24. The number of carbonyl (C=O) groups excluding carboxylic acids is 2. The van der Waals surface area contributed by atoms with Crippen molar-refractivity contribution in [3.63, 3.8) is 0 Å². The van der Waals surface area contributed by atoms with Gasteiger partial charge in [-0.15, -0.1) is 11.8 Å². The maximum Gasteiger partial charge on any atom is 0.241 e. The molecule has 1 heterocycles. The largest absolute Gasteiger partial charge is 0.369 e. The van der Waals surface area contributed by atoms with E-state index in [9.17, 15) is 9.59 Å². The summed E-state index contributed by atoms with van der Waals surface area (Å²) in [6.45, 7) is 0.885. The monoisotopic (exact) mass is 293 g/mol. The first-order chi connectivity index (χ1) is 9.66. The number of anilines is 1. The highest BCUT2D eigenvalue weighted by molar-refractivity contribution is 8.00. The van der Waals surface area contributed by atoms with Gasteiger partial charge in [0, 0.05) is 4.90 Å². The topological polar surface area (TPSA) is 84.2 Å². The molecular weight excluding hydrogens is 274 g/mol. The van der Waals surface area contributed by atoms with Gasteiger partial charge in [0.05, 0.1) is 17.5 Å². The molecule has 0 saturated carbocycles. The lowest BCUT2D eigenvalue weighted by Gasteiger charge is -2.23. The lowest BCUT2D eigenvalue weighted by atomic mass is 10.0. The number of nitrogens with one attached hydrogen (secondary N) is 2. The molecule has 1 aromatic rings. The Hall–Kier alpha value is -1.53. The molecule has 20 heavy (non-hydrogen) atoms. The molecule has 0 aliphatic carbocycles. The molecule has 0 bridgehead atoms. The molecule has 2 rings (SSSR count). The maximum atomic E-state index is 12.2. The van der Waals surface area contributed by atoms with Gasteiger partial charge in [0.1, 0.15) is 0 Å². The van der Waals surface area contributed by atoms with E-state index in [0.717, 1.165) is 36.4 Å². The molecule has 0 aromatic heterocycles. The number of thioether (sulfide) groups is 1. The van der Waals surface area contributed by atoms with Crippen LogP contribution in [0.2, 0.25) is 0 Å². The van der Waals surface area contributed by atoms with Crippen LogP contribution in [0.1, 0.15) is 19.3 Å². The Morgan fingerprint density at radius 3 is 2.85 bits per heavy atom. The zero-order chi connectivity index (χ0) is 14.4. The quantitative estimate of drug-likeness (QED) is 0.715. The van der Waals surface area contributed by atoms with E-state index in [-0.39, 0.29) is 23.6 Å². The minimum Gasteiger partial charge on any atom is -0.369 e. The normalized spacial score (nSPS) is 18.5. The van der Waals surface area contributed by atoms with E-state index in [1.54, 1.807) is 0 Å². The van der Waals surface area contributed by atoms with Crippen LogP contribution in [-0.4, -0.2) is 30.2 Å². The molecule has 1 aliphatic rings. The number of carbonyl (C=O) groups is 2. The van der Waals surface area contributed by atoms with E-state index in [2.05, 4.69) is 10.6 Å². The molecule has 1 fully saturated rings. The minimum absolute atomic E-state index is 0.0168. The molecular formula is C14H19N3O2S. The number of primary amides is 1. The highest BCUT2D eigenvalue weighted by atomic mass is 32.2. The van der Waals surface area contributed by atoms with Crippen LogP contribution in [0.3, 0.4) is 0 Å². The first-order valence-corrected chi connectivity index (χ1v) is 7.70. The van der Waals surface area contributed by atoms with Crippen molar-refractivity contribution in [3.05, 3.63) is 24.3 Å². The van der Waals surface area contributed by atoms with Gasteiger partial charge in [0.2, 0.25) is 11.8 Å². The minimum atomic E-state index is -0.370. The molecule has 5 nitrogen and oxygen atoms in total. The molecule has 0 spiro atoms. The predicted molar refractivity (Wildman–Crippen MR) is 80.6 cm³/mol. The Morgan fingerprint density at radius 1 is 1.35 bits per heavy atom. The van der Waals surface area contributed by atoms with Gasteiger partial charge in [-0.25, -0.2) is 0 Å². The third-order valence-electron chi connectivity index (χ3n) is 3.14. The second-order valence-electron chi connectivity index (χ2n) is 4.74. The fourth-order valence-corrected chi connectivity index (χ4v) is 2.89. The number of rotatable bonds is 5. The van der Waals surface area contributed by atoms with Crippen LogP contribution >= 0.6 is 11.8 Å². The van der Waals surface area contributed by atoms with Crippen molar-refractivity contribution in [2.75, 3.05) is 17.6 Å². The molecule has 1 atom stereocenters. The SMILES string of the molecule is NC(=O)CSc1ccccc1NC(=O)[C@@H]1CCCCN1. The average molecular weight is 293 g/mol. The molecule has 1 aliphatic heterocycles. The smallest absolute Gasteiger partial charge is 0.241 e. The lowest BCUT2D eigenvalue weighted by Crippen LogP contribution is -2.43. The van der Waals surface area contributed by atoms with E-state index in [4.69, 9.17) is 5.73 Å². The van der Waals surface area contributed by atoms with Crippen LogP contribution in [0.5, 0.6) is 0 Å². The number of amides is 2. The van der Waals surface area contributed by atoms with Gasteiger partial charge < -0.3 is 16.4 Å². The summed E-state index contributed by atoms with van der Waals surface area (Å²) < 4.78 is 0. The fraction of sp³-hybridized carbons (Fsp3) is 0.429. The Kier molecular flexibility index (Phi) is 5.43. The van der Waals surface area contributed by atoms with Crippen LogP contribution in [0.25, 0.3) is 0 Å². The van der Waals surface area contributed by atoms with Gasteiger partial charge >= 0.3 is 0 Å². The maximum absolute atomic E-state index is 12.2. The first-order valence-electron chi connectivity index (χ1n) is 6.71. The molecule has 1 aromatic carbocycles. The number of hydrogen-bond donors (Lipinski definition) is 3. The predicted octanol–water partition coefficient (Wildman–Crippen LogP) is 1.34. The van der Waals surface area contributed by atoms with Crippen LogP contribution in [0.4, 0.5) is 5.69 Å². The van der Waals surface area contributed by atoms with E-state index in [1.165, 1.54) is 11.8 Å². The van der Waals surface area contributed by atoms with Gasteiger partial charge in [-0.2, -0.15) is 0 Å². The zero-order valence-electron chi connectivity index (χ0n) is 11.2. The highest BCUT2D eigenvalue weighted by Gasteiger charge is 2.21. The highest BCUT2D eigenvalue weighted by Crippen LogP contribution is 2.27. The number of nitrogens with two attached hydrogens (primary N) is 1. The molecule has 108 valence electrons. The zero-order valence-corrected chi connectivity index (χ0v) is 12.0. The molecule has 1 saturated heterocycles. The molecule has 4 N–H and O–H groups in total. The van der Waals surface area contributed by atoms with Crippen LogP contribution < -0.4 is 16.4 Å². The molecule has 0 radical (unpaired) electrons. The second kappa shape index (κ2) is 7.31. The summed E-state index contributed by atoms with van der Waals surface area (Å²) in [7, 11) is 0. The Balaban J connectivity index is 2.00. The lowest BCUT2D eigenvalue weighted by molar-refractivity contribution is -0.118. The number of benzene rings is 1. The van der Waals surface area contributed by atoms with Crippen molar-refractivity contribution in [3.8, 4) is 0 Å². The molecule has 0 unspecified atom stereocenters. The van der Waals surface area contributed by atoms with Crippen molar-refractivity contribution in [2.45, 2.75) is 30.2 Å². The van der Waals surface area contributed by atoms with Crippen molar-refractivity contribution < 1.29 is 9.59 Å². The Bertz CT molecular complexity index is 487. The van der Waals surface area contributed by atoms with Gasteiger partial charge in [0.15, 0.2) is 0 Å². The van der Waals surface area contributed by atoms with E-state index < -0.39 is 0 Å². The van der Waals surface area contributed by atoms with Crippen LogP contribution in [0.15, 0.2) is 29.2 Å². The summed E-state index contributed by atoms with van der Waals surface area (Å²) in [5.41, 5.74) is 5.88. The first kappa shape index (κ1) is 14.9. The van der Waals surface area contributed by atoms with Crippen molar-refractivity contribution in [2.24, 2.45) is 5.73 Å². The van der Waals surface area contributed by atoms with Crippen molar-refractivity contribution in [1.82, 2.24) is 5.32 Å². The summed E-state index contributed by atoms with van der Waals surface area (Å²) in [6.07, 6.45) is 3.06. The van der Waals surface area contributed by atoms with Crippen molar-refractivity contribution >= 4 is 29.3 Å². The van der Waals surface area contributed by atoms with Gasteiger partial charge in [0.25, 0.3) is 0 Å². The Morgan fingerprint density at radius 2 is 2.15 bits per heavy atom. The third kappa shape index (κ3) is 4.25. The van der Waals surface area contributed by atoms with Crippen molar-refractivity contribution in [1.29, 1.82) is 0 Å². The second-order valence-corrected chi connectivity index (χ2v) is 5.76. The summed E-state index contributed by atoms with van der Waals surface area (Å²) in [6, 6.07) is 7.32. The summed E-state index contributed by atoms with van der Waals surface area (Å²) in [4.78, 5) is 23.9. The van der Waals surface area contributed by atoms with Crippen LogP contribution in [-0.2, 0) is 9.59 Å². The van der Waals surface area contributed by atoms with Gasteiger partial charge in [-0.3, -0.25) is 9.59 Å². The summed E-state index contributed by atoms with van der Waals surface area (Å²) >= 11 is 1.33. The molecule has 6 heteroatoms. The number of piperidine rings is 1. The number of para-hydroxylation sites is 1. The summed E-state index contributed by atoms with van der Waals surface area (Å²) in [5.74, 6) is -0.184. The average Bonchev–Trinajstić information content (AvgIpc) is 2.47. The Labute approximate surface area is 122 Å². The van der Waals surface area contributed by atoms with E-state index in [1.807, 2.05) is 24.3 Å².